The van der Waals surface area contributed by atoms with Gasteiger partial charge in [-0.05, 0) is 61.5 Å². The molecule has 0 radical (unpaired) electrons. The van der Waals surface area contributed by atoms with Crippen LogP contribution in [0.25, 0.3) is 0 Å². The number of aryl methyl sites for hydroxylation is 1. The van der Waals surface area contributed by atoms with Gasteiger partial charge in [0.2, 0.25) is 0 Å². The lowest BCUT2D eigenvalue weighted by Gasteiger charge is -2.34. The van der Waals surface area contributed by atoms with Crippen LogP contribution in [-0.4, -0.2) is 50.6 Å². The molecule has 2 aromatic rings. The monoisotopic (exact) mass is 387 g/mol. The zero-order valence-electron chi connectivity index (χ0n) is 15.9. The van der Waals surface area contributed by atoms with Gasteiger partial charge in [0.1, 0.15) is 5.75 Å². The second-order valence-corrected chi connectivity index (χ2v) is 7.19. The second kappa shape index (κ2) is 9.11. The van der Waals surface area contributed by atoms with E-state index in [1.807, 2.05) is 25.1 Å². The molecule has 2 aromatic carbocycles. The number of halogens is 1. The molecule has 0 unspecified atom stereocenters. The fourth-order valence-corrected chi connectivity index (χ4v) is 3.33. The van der Waals surface area contributed by atoms with Gasteiger partial charge in [-0.25, -0.2) is 0 Å². The van der Waals surface area contributed by atoms with Crippen molar-refractivity contribution in [3.63, 3.8) is 0 Å². The van der Waals surface area contributed by atoms with E-state index in [1.165, 1.54) is 5.69 Å². The van der Waals surface area contributed by atoms with Crippen LogP contribution < -0.4 is 15.0 Å². The highest BCUT2D eigenvalue weighted by atomic mass is 35.5. The molecular formula is C21H26ClN3O2. The Morgan fingerprint density at radius 2 is 1.81 bits per heavy atom. The van der Waals surface area contributed by atoms with Crippen molar-refractivity contribution in [2.75, 3.05) is 50.1 Å². The van der Waals surface area contributed by atoms with Gasteiger partial charge in [-0.3, -0.25) is 4.79 Å². The van der Waals surface area contributed by atoms with Crippen LogP contribution in [0.5, 0.6) is 5.75 Å². The molecule has 0 aromatic heterocycles. The smallest absolute Gasteiger partial charge is 0.262 e. The largest absolute Gasteiger partial charge is 0.484 e. The normalized spacial score (nSPS) is 14.9. The molecule has 3 rings (SSSR count). The quantitative estimate of drug-likeness (QED) is 0.821. The number of likely N-dealkylation sites (N-methyl/N-ethyl adjacent to an activating group) is 1. The van der Waals surface area contributed by atoms with Crippen molar-refractivity contribution in [1.82, 2.24) is 4.90 Å². The Hall–Kier alpha value is -2.24. The Balaban J connectivity index is 1.50. The maximum Gasteiger partial charge on any atom is 0.262 e. The lowest BCUT2D eigenvalue weighted by atomic mass is 10.1. The van der Waals surface area contributed by atoms with Crippen molar-refractivity contribution in [1.29, 1.82) is 0 Å². The van der Waals surface area contributed by atoms with Gasteiger partial charge in [0.15, 0.2) is 6.61 Å². The van der Waals surface area contributed by atoms with E-state index in [4.69, 9.17) is 16.3 Å². The Morgan fingerprint density at radius 1 is 1.11 bits per heavy atom. The zero-order chi connectivity index (χ0) is 19.2. The van der Waals surface area contributed by atoms with Crippen molar-refractivity contribution in [2.45, 2.75) is 13.3 Å². The number of benzene rings is 2. The van der Waals surface area contributed by atoms with Gasteiger partial charge in [0.05, 0.1) is 0 Å². The third-order valence-electron chi connectivity index (χ3n) is 4.79. The second-order valence-electron chi connectivity index (χ2n) is 6.78. The maximum atomic E-state index is 12.2. The van der Waals surface area contributed by atoms with Gasteiger partial charge < -0.3 is 19.9 Å². The van der Waals surface area contributed by atoms with E-state index >= 15 is 0 Å². The van der Waals surface area contributed by atoms with Crippen LogP contribution in [-0.2, 0) is 11.2 Å². The highest BCUT2D eigenvalue weighted by Gasteiger charge is 2.14. The SMILES string of the molecule is CCc1cc(OCC(=O)Nc2ccc(N3CCN(C)CC3)cc2)ccc1Cl. The maximum absolute atomic E-state index is 12.2. The van der Waals surface area contributed by atoms with Crippen LogP contribution in [0, 0.1) is 0 Å². The summed E-state index contributed by atoms with van der Waals surface area (Å²) in [5, 5.41) is 3.59. The predicted octanol–water partition coefficient (Wildman–Crippen LogP) is 3.67. The number of piperazine rings is 1. The molecule has 0 bridgehead atoms. The van der Waals surface area contributed by atoms with Crippen LogP contribution in [0.4, 0.5) is 11.4 Å². The summed E-state index contributed by atoms with van der Waals surface area (Å²) < 4.78 is 5.58. The topological polar surface area (TPSA) is 44.8 Å². The number of hydrogen-bond donors (Lipinski definition) is 1. The molecule has 1 heterocycles. The van der Waals surface area contributed by atoms with Gasteiger partial charge in [-0.15, -0.1) is 0 Å². The van der Waals surface area contributed by atoms with E-state index in [2.05, 4.69) is 34.3 Å². The Morgan fingerprint density at radius 3 is 2.48 bits per heavy atom. The molecule has 0 atom stereocenters. The molecule has 0 spiro atoms. The van der Waals surface area contributed by atoms with Gasteiger partial charge in [0.25, 0.3) is 5.91 Å². The van der Waals surface area contributed by atoms with E-state index in [-0.39, 0.29) is 12.5 Å². The molecule has 1 amide bonds. The Bertz CT molecular complexity index is 771. The fourth-order valence-electron chi connectivity index (χ4n) is 3.08. The third kappa shape index (κ3) is 5.37. The molecule has 1 aliphatic heterocycles. The summed E-state index contributed by atoms with van der Waals surface area (Å²) in [6.45, 7) is 6.18. The number of carbonyl (C=O) groups is 1. The highest BCUT2D eigenvalue weighted by molar-refractivity contribution is 6.31. The first kappa shape index (κ1) is 19.5. The number of nitrogens with one attached hydrogen (secondary N) is 1. The van der Waals surface area contributed by atoms with E-state index < -0.39 is 0 Å². The Labute approximate surface area is 165 Å². The minimum Gasteiger partial charge on any atom is -0.484 e. The molecule has 1 saturated heterocycles. The molecule has 144 valence electrons. The van der Waals surface area contributed by atoms with Crippen molar-refractivity contribution in [3.05, 3.63) is 53.1 Å². The summed E-state index contributed by atoms with van der Waals surface area (Å²) in [5.41, 5.74) is 2.96. The fraction of sp³-hybridized carbons (Fsp3) is 0.381. The van der Waals surface area contributed by atoms with E-state index in [0.29, 0.717) is 5.75 Å². The molecule has 0 saturated carbocycles. The molecule has 27 heavy (non-hydrogen) atoms. The first-order valence-corrected chi connectivity index (χ1v) is 9.67. The molecular weight excluding hydrogens is 362 g/mol. The summed E-state index contributed by atoms with van der Waals surface area (Å²) in [5.74, 6) is 0.465. The minimum atomic E-state index is -0.185. The molecule has 0 aliphatic carbocycles. The van der Waals surface area contributed by atoms with Crippen molar-refractivity contribution < 1.29 is 9.53 Å². The van der Waals surface area contributed by atoms with E-state index in [1.54, 1.807) is 12.1 Å². The summed E-state index contributed by atoms with van der Waals surface area (Å²) in [6.07, 6.45) is 0.821. The molecule has 6 heteroatoms. The number of ether oxygens (including phenoxy) is 1. The first-order valence-electron chi connectivity index (χ1n) is 9.30. The standard InChI is InChI=1S/C21H26ClN3O2/c1-3-16-14-19(8-9-20(16)22)27-15-21(26)23-17-4-6-18(7-5-17)25-12-10-24(2)11-13-25/h4-9,14H,3,10-13,15H2,1-2H3,(H,23,26). The zero-order valence-corrected chi connectivity index (χ0v) is 16.6. The molecule has 1 fully saturated rings. The predicted molar refractivity (Wildman–Crippen MR) is 111 cm³/mol. The van der Waals surface area contributed by atoms with Crippen molar-refractivity contribution in [3.8, 4) is 5.75 Å². The van der Waals surface area contributed by atoms with Crippen LogP contribution in [0.15, 0.2) is 42.5 Å². The van der Waals surface area contributed by atoms with E-state index in [0.717, 1.165) is 48.9 Å². The average Bonchev–Trinajstić information content (AvgIpc) is 2.68. The van der Waals surface area contributed by atoms with Gasteiger partial charge in [-0.1, -0.05) is 18.5 Å². The summed E-state index contributed by atoms with van der Waals surface area (Å²) in [7, 11) is 2.14. The summed E-state index contributed by atoms with van der Waals surface area (Å²) in [4.78, 5) is 16.8. The van der Waals surface area contributed by atoms with Crippen LogP contribution >= 0.6 is 11.6 Å². The molecule has 5 nitrogen and oxygen atoms in total. The van der Waals surface area contributed by atoms with Gasteiger partial charge >= 0.3 is 0 Å². The number of rotatable bonds is 6. The molecule has 1 N–H and O–H groups in total. The van der Waals surface area contributed by atoms with Crippen molar-refractivity contribution >= 4 is 28.9 Å². The third-order valence-corrected chi connectivity index (χ3v) is 5.16. The van der Waals surface area contributed by atoms with Crippen LogP contribution in [0.3, 0.4) is 0 Å². The number of carbonyl (C=O) groups excluding carboxylic acids is 1. The summed E-state index contributed by atoms with van der Waals surface area (Å²) >= 11 is 6.10. The number of anilines is 2. The number of amides is 1. The first-order chi connectivity index (χ1) is 13.0. The average molecular weight is 388 g/mol. The van der Waals surface area contributed by atoms with Gasteiger partial charge in [-0.2, -0.15) is 0 Å². The van der Waals surface area contributed by atoms with Crippen LogP contribution in [0.2, 0.25) is 5.02 Å². The summed E-state index contributed by atoms with van der Waals surface area (Å²) in [6, 6.07) is 13.4. The molecule has 1 aliphatic rings. The minimum absolute atomic E-state index is 0.0367. The highest BCUT2D eigenvalue weighted by Crippen LogP contribution is 2.23. The van der Waals surface area contributed by atoms with E-state index in [9.17, 15) is 4.79 Å². The number of hydrogen-bond acceptors (Lipinski definition) is 4. The lowest BCUT2D eigenvalue weighted by molar-refractivity contribution is -0.118. The lowest BCUT2D eigenvalue weighted by Crippen LogP contribution is -2.44. The van der Waals surface area contributed by atoms with Crippen molar-refractivity contribution in [2.24, 2.45) is 0 Å². The van der Waals surface area contributed by atoms with Gasteiger partial charge in [0, 0.05) is 42.6 Å². The number of nitrogens with zero attached hydrogens (tertiary/aromatic N) is 2. The van der Waals surface area contributed by atoms with Crippen LogP contribution in [0.1, 0.15) is 12.5 Å². The Kier molecular flexibility index (Phi) is 6.58.